The van der Waals surface area contributed by atoms with Crippen molar-refractivity contribution in [1.29, 1.82) is 0 Å². The van der Waals surface area contributed by atoms with Crippen LogP contribution in [0.1, 0.15) is 38.1 Å². The number of hydrogen-bond donors (Lipinski definition) is 0. The third-order valence-corrected chi connectivity index (χ3v) is 7.92. The van der Waals surface area contributed by atoms with Crippen molar-refractivity contribution in [3.63, 3.8) is 0 Å². The highest BCUT2D eigenvalue weighted by molar-refractivity contribution is 7.07. The van der Waals surface area contributed by atoms with E-state index in [2.05, 4.69) is 4.99 Å². The second kappa shape index (κ2) is 12.0. The number of allylic oxidation sites excluding steroid dienone is 1. The Balaban J connectivity index is 1.65. The molecule has 0 aliphatic carbocycles. The summed E-state index contributed by atoms with van der Waals surface area (Å²) in [5, 5.41) is 0.975. The maximum Gasteiger partial charge on any atom is 0.338 e. The highest BCUT2D eigenvalue weighted by Crippen LogP contribution is 2.36. The summed E-state index contributed by atoms with van der Waals surface area (Å²) in [7, 11) is 1.43. The molecule has 1 unspecified atom stereocenters. The van der Waals surface area contributed by atoms with Gasteiger partial charge in [0.25, 0.3) is 5.56 Å². The second-order valence-electron chi connectivity index (χ2n) is 9.13. The Kier molecular flexibility index (Phi) is 8.40. The normalized spacial score (nSPS) is 14.8. The lowest BCUT2D eigenvalue weighted by Gasteiger charge is -2.25. The van der Waals surface area contributed by atoms with Crippen molar-refractivity contribution in [1.82, 2.24) is 4.57 Å². The quantitative estimate of drug-likeness (QED) is 0.202. The van der Waals surface area contributed by atoms with Gasteiger partial charge in [0.2, 0.25) is 0 Å². The average Bonchev–Trinajstić information content (AvgIpc) is 3.53. The molecule has 9 nitrogen and oxygen atoms in total. The van der Waals surface area contributed by atoms with Gasteiger partial charge in [-0.2, -0.15) is 0 Å². The Labute approximate surface area is 253 Å². The van der Waals surface area contributed by atoms with Crippen LogP contribution in [0.25, 0.3) is 17.4 Å². The minimum Gasteiger partial charge on any atom is -0.493 e. The molecule has 0 N–H and O–H groups in total. The molecule has 4 aromatic rings. The number of benzene rings is 2. The number of aromatic nitrogens is 1. The van der Waals surface area contributed by atoms with Gasteiger partial charge in [0, 0.05) is 23.6 Å². The molecule has 216 valence electrons. The summed E-state index contributed by atoms with van der Waals surface area (Å²) in [6.07, 6.45) is 1.61. The molecular weight excluding hydrogens is 603 g/mol. The van der Waals surface area contributed by atoms with Gasteiger partial charge in [0.05, 0.1) is 40.6 Å². The van der Waals surface area contributed by atoms with E-state index in [1.165, 1.54) is 18.6 Å². The van der Waals surface area contributed by atoms with Crippen molar-refractivity contribution in [3.8, 4) is 22.8 Å². The van der Waals surface area contributed by atoms with Gasteiger partial charge < -0.3 is 18.6 Å². The molecule has 0 saturated carbocycles. The van der Waals surface area contributed by atoms with E-state index in [-0.39, 0.29) is 29.2 Å². The van der Waals surface area contributed by atoms with Gasteiger partial charge in [0.15, 0.2) is 16.3 Å². The Bertz CT molecular complexity index is 1940. The van der Waals surface area contributed by atoms with Crippen LogP contribution in [-0.4, -0.2) is 30.2 Å². The fraction of sp³-hybridized carbons (Fsp3) is 0.200. The smallest absolute Gasteiger partial charge is 0.338 e. The van der Waals surface area contributed by atoms with Crippen LogP contribution in [0.4, 0.5) is 0 Å². The predicted molar refractivity (Wildman–Crippen MR) is 159 cm³/mol. The van der Waals surface area contributed by atoms with Crippen LogP contribution in [0.2, 0.25) is 10.0 Å². The molecule has 0 saturated heterocycles. The minimum absolute atomic E-state index is 0.138. The zero-order chi connectivity index (χ0) is 30.1. The van der Waals surface area contributed by atoms with Crippen molar-refractivity contribution in [2.45, 2.75) is 26.8 Å². The summed E-state index contributed by atoms with van der Waals surface area (Å²) in [6, 6.07) is 12.5. The van der Waals surface area contributed by atoms with E-state index in [1.807, 2.05) is 0 Å². The van der Waals surface area contributed by atoms with Gasteiger partial charge in [-0.15, -0.1) is 0 Å². The number of carbonyl (C=O) groups is 2. The molecule has 1 aliphatic rings. The molecule has 1 aliphatic heterocycles. The van der Waals surface area contributed by atoms with Crippen LogP contribution in [0.3, 0.4) is 0 Å². The number of carbonyl (C=O) groups excluding carboxylic acids is 2. The van der Waals surface area contributed by atoms with Crippen LogP contribution < -0.4 is 24.4 Å². The maximum absolute atomic E-state index is 13.9. The minimum atomic E-state index is -0.889. The van der Waals surface area contributed by atoms with E-state index >= 15 is 0 Å². The highest BCUT2D eigenvalue weighted by Gasteiger charge is 2.34. The molecule has 2 aromatic heterocycles. The van der Waals surface area contributed by atoms with Gasteiger partial charge in [-0.1, -0.05) is 40.6 Å². The molecule has 0 amide bonds. The number of methoxy groups -OCH3 is 1. The fourth-order valence-electron chi connectivity index (χ4n) is 4.59. The zero-order valence-corrected chi connectivity index (χ0v) is 25.2. The first kappa shape index (κ1) is 29.4. The van der Waals surface area contributed by atoms with Gasteiger partial charge in [-0.3, -0.25) is 14.2 Å². The van der Waals surface area contributed by atoms with Gasteiger partial charge in [0.1, 0.15) is 11.5 Å². The number of halogens is 2. The van der Waals surface area contributed by atoms with Crippen molar-refractivity contribution in [3.05, 3.63) is 101 Å². The van der Waals surface area contributed by atoms with Gasteiger partial charge in [-0.05, 0) is 61.9 Å². The molecule has 3 heterocycles. The van der Waals surface area contributed by atoms with Crippen molar-refractivity contribution >= 4 is 52.6 Å². The number of thiazole rings is 1. The lowest BCUT2D eigenvalue weighted by molar-refractivity contribution is -0.139. The topological polar surface area (TPSA) is 109 Å². The van der Waals surface area contributed by atoms with Gasteiger partial charge in [-0.25, -0.2) is 9.79 Å². The molecule has 42 heavy (non-hydrogen) atoms. The Morgan fingerprint density at radius 1 is 1.12 bits per heavy atom. The summed E-state index contributed by atoms with van der Waals surface area (Å²) >= 11 is 13.6. The Hall–Kier alpha value is -4.12. The number of fused-ring (bicyclic) bond motifs is 1. The van der Waals surface area contributed by atoms with Crippen LogP contribution in [0.15, 0.2) is 74.0 Å². The SMILES string of the molecule is CCOC(=O)C1=C(C)N=c2s/c(=C\c3ccc(-c4cc(Cl)ccc4Cl)o3)c(=O)n2C1c1ccc(OC(C)=O)c(OC)c1. The third kappa shape index (κ3) is 5.65. The number of rotatable bonds is 7. The molecule has 2 aromatic carbocycles. The largest absolute Gasteiger partial charge is 0.493 e. The lowest BCUT2D eigenvalue weighted by atomic mass is 9.95. The molecule has 5 rings (SSSR count). The predicted octanol–water partition coefficient (Wildman–Crippen LogP) is 5.30. The molecule has 1 atom stereocenters. The van der Waals surface area contributed by atoms with E-state index in [9.17, 15) is 14.4 Å². The lowest BCUT2D eigenvalue weighted by Crippen LogP contribution is -2.39. The number of esters is 2. The first-order valence-corrected chi connectivity index (χ1v) is 14.3. The standard InChI is InChI=1S/C30H24Cl2N2O7S/c1-5-39-29(37)26-15(2)33-30-34(27(26)17-6-10-23(40-16(3)35)24(12-17)38-4)28(36)25(42-30)14-19-8-11-22(41-19)20-13-18(31)7-9-21(20)32/h6-14,27H,5H2,1-4H3/b25-14-. The van der Waals surface area contributed by atoms with E-state index in [0.717, 1.165) is 11.3 Å². The third-order valence-electron chi connectivity index (χ3n) is 6.37. The first-order valence-electron chi connectivity index (χ1n) is 12.7. The Morgan fingerprint density at radius 2 is 1.90 bits per heavy atom. The number of furan rings is 1. The van der Waals surface area contributed by atoms with Crippen molar-refractivity contribution in [2.75, 3.05) is 13.7 Å². The second-order valence-corrected chi connectivity index (χ2v) is 11.0. The molecule has 0 fully saturated rings. The van der Waals surface area contributed by atoms with E-state index in [4.69, 9.17) is 41.8 Å². The van der Waals surface area contributed by atoms with E-state index in [0.29, 0.717) is 47.7 Å². The summed E-state index contributed by atoms with van der Waals surface area (Å²) in [5.74, 6) is 0.237. The van der Waals surface area contributed by atoms with Crippen LogP contribution in [0, 0.1) is 0 Å². The van der Waals surface area contributed by atoms with Crippen molar-refractivity contribution in [2.24, 2.45) is 4.99 Å². The van der Waals surface area contributed by atoms with E-state index < -0.39 is 18.0 Å². The molecule has 0 bridgehead atoms. The van der Waals surface area contributed by atoms with E-state index in [1.54, 1.807) is 68.5 Å². The molecule has 12 heteroatoms. The number of ether oxygens (including phenoxy) is 3. The van der Waals surface area contributed by atoms with Crippen LogP contribution >= 0.6 is 34.5 Å². The Morgan fingerprint density at radius 3 is 2.62 bits per heavy atom. The fourth-order valence-corrected chi connectivity index (χ4v) is 6.00. The molecular formula is C30H24Cl2N2O7S. The average molecular weight is 628 g/mol. The molecule has 0 radical (unpaired) electrons. The van der Waals surface area contributed by atoms with Crippen LogP contribution in [0.5, 0.6) is 11.5 Å². The summed E-state index contributed by atoms with van der Waals surface area (Å²) in [4.78, 5) is 43.6. The van der Waals surface area contributed by atoms with Gasteiger partial charge >= 0.3 is 11.9 Å². The summed E-state index contributed by atoms with van der Waals surface area (Å²) < 4.78 is 23.8. The number of nitrogens with zero attached hydrogens (tertiary/aromatic N) is 2. The monoisotopic (exact) mass is 626 g/mol. The summed E-state index contributed by atoms with van der Waals surface area (Å²) in [5.41, 5.74) is 1.37. The first-order chi connectivity index (χ1) is 20.1. The van der Waals surface area contributed by atoms with Crippen LogP contribution in [-0.2, 0) is 14.3 Å². The van der Waals surface area contributed by atoms with Crippen molar-refractivity contribution < 1.29 is 28.2 Å². The number of hydrogen-bond acceptors (Lipinski definition) is 9. The summed E-state index contributed by atoms with van der Waals surface area (Å²) in [6.45, 7) is 4.80. The highest BCUT2D eigenvalue weighted by atomic mass is 35.5. The molecule has 0 spiro atoms. The maximum atomic E-state index is 13.9. The zero-order valence-electron chi connectivity index (χ0n) is 22.9.